The van der Waals surface area contributed by atoms with Gasteiger partial charge in [0.1, 0.15) is 11.5 Å². The van der Waals surface area contributed by atoms with Gasteiger partial charge in [-0.15, -0.1) is 0 Å². The predicted octanol–water partition coefficient (Wildman–Crippen LogP) is 3.47. The van der Waals surface area contributed by atoms with Crippen LogP contribution in [0.1, 0.15) is 24.4 Å². The van der Waals surface area contributed by atoms with E-state index in [4.69, 9.17) is 21.1 Å². The van der Waals surface area contributed by atoms with E-state index in [2.05, 4.69) is 9.62 Å². The van der Waals surface area contributed by atoms with Crippen molar-refractivity contribution >= 4 is 21.6 Å². The highest BCUT2D eigenvalue weighted by Gasteiger charge is 2.28. The van der Waals surface area contributed by atoms with Gasteiger partial charge in [0.05, 0.1) is 30.2 Å². The van der Waals surface area contributed by atoms with Gasteiger partial charge in [0.2, 0.25) is 10.0 Å². The Kier molecular flexibility index (Phi) is 6.82. The molecule has 1 heterocycles. The van der Waals surface area contributed by atoms with Gasteiger partial charge in [-0.25, -0.2) is 13.1 Å². The van der Waals surface area contributed by atoms with Crippen molar-refractivity contribution in [1.82, 2.24) is 9.62 Å². The minimum Gasteiger partial charge on any atom is -0.496 e. The van der Waals surface area contributed by atoms with Crippen molar-refractivity contribution in [3.05, 3.63) is 53.1 Å². The van der Waals surface area contributed by atoms with Gasteiger partial charge in [0, 0.05) is 12.1 Å². The number of likely N-dealkylation sites (tertiary alicyclic amines) is 1. The molecule has 1 aliphatic rings. The Morgan fingerprint density at radius 2 is 1.75 bits per heavy atom. The number of hydrogen-bond acceptors (Lipinski definition) is 5. The Balaban J connectivity index is 1.84. The van der Waals surface area contributed by atoms with Gasteiger partial charge in [-0.3, -0.25) is 4.90 Å². The molecule has 28 heavy (non-hydrogen) atoms. The van der Waals surface area contributed by atoms with E-state index in [1.165, 1.54) is 19.2 Å². The highest BCUT2D eigenvalue weighted by molar-refractivity contribution is 7.89. The summed E-state index contributed by atoms with van der Waals surface area (Å²) in [6, 6.07) is 12.1. The summed E-state index contributed by atoms with van der Waals surface area (Å²) in [5, 5.41) is 0.256. The van der Waals surface area contributed by atoms with Crippen LogP contribution < -0.4 is 14.2 Å². The summed E-state index contributed by atoms with van der Waals surface area (Å²) in [6.45, 7) is 2.10. The van der Waals surface area contributed by atoms with Crippen molar-refractivity contribution in [3.8, 4) is 11.5 Å². The first-order valence-electron chi connectivity index (χ1n) is 9.16. The zero-order valence-electron chi connectivity index (χ0n) is 16.0. The molecule has 0 amide bonds. The Hall–Kier alpha value is -1.80. The first kappa shape index (κ1) is 20.9. The minimum absolute atomic E-state index is 0.109. The fourth-order valence-corrected chi connectivity index (χ4v) is 4.90. The van der Waals surface area contributed by atoms with Crippen molar-refractivity contribution in [2.24, 2.45) is 0 Å². The van der Waals surface area contributed by atoms with E-state index < -0.39 is 10.0 Å². The third-order valence-electron chi connectivity index (χ3n) is 4.98. The second-order valence-corrected chi connectivity index (χ2v) is 8.82. The topological polar surface area (TPSA) is 67.9 Å². The summed E-state index contributed by atoms with van der Waals surface area (Å²) in [7, 11) is -0.601. The van der Waals surface area contributed by atoms with E-state index in [0.29, 0.717) is 5.75 Å². The van der Waals surface area contributed by atoms with Gasteiger partial charge in [0.25, 0.3) is 0 Å². The molecule has 0 bridgehead atoms. The summed E-state index contributed by atoms with van der Waals surface area (Å²) in [6.07, 6.45) is 2.21. The standard InChI is InChI=1S/C20H25ClN2O4S/c1-26-19-8-4-3-7-16(19)18(23-11-5-6-12-23)14-22-28(24,25)15-9-10-20(27-2)17(21)13-15/h3-4,7-10,13,18,22H,5-6,11-12,14H2,1-2H3. The van der Waals surface area contributed by atoms with Crippen molar-refractivity contribution < 1.29 is 17.9 Å². The van der Waals surface area contributed by atoms with Crippen molar-refractivity contribution in [2.45, 2.75) is 23.8 Å². The van der Waals surface area contributed by atoms with Gasteiger partial charge >= 0.3 is 0 Å². The quantitative estimate of drug-likeness (QED) is 0.702. The van der Waals surface area contributed by atoms with Gasteiger partial charge in [-0.05, 0) is 50.2 Å². The highest BCUT2D eigenvalue weighted by atomic mass is 35.5. The van der Waals surface area contributed by atoms with Crippen LogP contribution in [0.3, 0.4) is 0 Å². The Morgan fingerprint density at radius 1 is 1.07 bits per heavy atom. The number of nitrogens with zero attached hydrogens (tertiary/aromatic N) is 1. The molecule has 6 nitrogen and oxygen atoms in total. The first-order valence-corrected chi connectivity index (χ1v) is 11.0. The number of benzene rings is 2. The minimum atomic E-state index is -3.72. The van der Waals surface area contributed by atoms with Crippen LogP contribution in [0, 0.1) is 0 Å². The Labute approximate surface area is 171 Å². The molecular weight excluding hydrogens is 400 g/mol. The van der Waals surface area contributed by atoms with Crippen LogP contribution in [0.2, 0.25) is 5.02 Å². The van der Waals surface area contributed by atoms with Crippen LogP contribution in [-0.4, -0.2) is 47.2 Å². The number of halogens is 1. The molecule has 2 aromatic rings. The molecular formula is C20H25ClN2O4S. The second-order valence-electron chi connectivity index (χ2n) is 6.65. The molecule has 3 rings (SSSR count). The van der Waals surface area contributed by atoms with Gasteiger partial charge < -0.3 is 9.47 Å². The van der Waals surface area contributed by atoms with Crippen LogP contribution in [0.4, 0.5) is 0 Å². The number of nitrogens with one attached hydrogen (secondary N) is 1. The summed E-state index contributed by atoms with van der Waals surface area (Å²) in [5.41, 5.74) is 0.974. The lowest BCUT2D eigenvalue weighted by molar-refractivity contribution is 0.240. The molecule has 1 unspecified atom stereocenters. The Morgan fingerprint density at radius 3 is 2.39 bits per heavy atom. The van der Waals surface area contributed by atoms with Crippen LogP contribution >= 0.6 is 11.6 Å². The number of ether oxygens (including phenoxy) is 2. The maximum absolute atomic E-state index is 12.8. The lowest BCUT2D eigenvalue weighted by atomic mass is 10.0. The molecule has 1 fully saturated rings. The molecule has 0 aromatic heterocycles. The van der Waals surface area contributed by atoms with Crippen molar-refractivity contribution in [2.75, 3.05) is 33.9 Å². The monoisotopic (exact) mass is 424 g/mol. The summed E-state index contributed by atoms with van der Waals surface area (Å²) in [4.78, 5) is 2.40. The van der Waals surface area contributed by atoms with Crippen molar-refractivity contribution in [3.63, 3.8) is 0 Å². The van der Waals surface area contributed by atoms with Gasteiger partial charge in [-0.2, -0.15) is 0 Å². The average molecular weight is 425 g/mol. The third kappa shape index (κ3) is 4.60. The largest absolute Gasteiger partial charge is 0.496 e. The third-order valence-corrected chi connectivity index (χ3v) is 6.70. The highest BCUT2D eigenvalue weighted by Crippen LogP contribution is 2.32. The first-order chi connectivity index (χ1) is 13.5. The fourth-order valence-electron chi connectivity index (χ4n) is 3.52. The summed E-state index contributed by atoms with van der Waals surface area (Å²) >= 11 is 6.10. The zero-order valence-corrected chi connectivity index (χ0v) is 17.6. The Bertz CT molecular complexity index is 914. The zero-order chi connectivity index (χ0) is 20.1. The molecule has 1 aliphatic heterocycles. The molecule has 8 heteroatoms. The molecule has 0 aliphatic carbocycles. The van der Waals surface area contributed by atoms with Crippen LogP contribution in [0.5, 0.6) is 11.5 Å². The molecule has 1 N–H and O–H groups in total. The maximum Gasteiger partial charge on any atom is 0.240 e. The number of sulfonamides is 1. The summed E-state index contributed by atoms with van der Waals surface area (Å²) < 4.78 is 39.0. The second kappa shape index (κ2) is 9.13. The van der Waals surface area contributed by atoms with Gasteiger partial charge in [0.15, 0.2) is 0 Å². The molecule has 152 valence electrons. The van der Waals surface area contributed by atoms with E-state index in [9.17, 15) is 8.42 Å². The normalized spacial score (nSPS) is 16.1. The lowest BCUT2D eigenvalue weighted by Crippen LogP contribution is -2.37. The van der Waals surface area contributed by atoms with E-state index in [1.807, 2.05) is 24.3 Å². The maximum atomic E-state index is 12.8. The van der Waals surface area contributed by atoms with E-state index in [-0.39, 0.29) is 22.5 Å². The smallest absolute Gasteiger partial charge is 0.240 e. The molecule has 0 spiro atoms. The van der Waals surface area contributed by atoms with Crippen LogP contribution in [-0.2, 0) is 10.0 Å². The van der Waals surface area contributed by atoms with E-state index in [1.54, 1.807) is 13.2 Å². The van der Waals surface area contributed by atoms with Crippen LogP contribution in [0.15, 0.2) is 47.4 Å². The molecule has 0 radical (unpaired) electrons. The average Bonchev–Trinajstić information content (AvgIpc) is 3.23. The van der Waals surface area contributed by atoms with E-state index >= 15 is 0 Å². The lowest BCUT2D eigenvalue weighted by Gasteiger charge is -2.29. The SMILES string of the molecule is COc1ccc(S(=O)(=O)NCC(c2ccccc2OC)N2CCCC2)cc1Cl. The molecule has 0 saturated carbocycles. The number of hydrogen-bond donors (Lipinski definition) is 1. The summed E-state index contributed by atoms with van der Waals surface area (Å²) in [5.74, 6) is 1.19. The van der Waals surface area contributed by atoms with Crippen molar-refractivity contribution in [1.29, 1.82) is 0 Å². The fraction of sp³-hybridized carbons (Fsp3) is 0.400. The number of methoxy groups -OCH3 is 2. The number of rotatable bonds is 8. The van der Waals surface area contributed by atoms with Crippen LogP contribution in [0.25, 0.3) is 0 Å². The van der Waals surface area contributed by atoms with Gasteiger partial charge in [-0.1, -0.05) is 29.8 Å². The molecule has 2 aromatic carbocycles. The predicted molar refractivity (Wildman–Crippen MR) is 110 cm³/mol. The molecule has 1 saturated heterocycles. The number of para-hydroxylation sites is 1. The van der Waals surface area contributed by atoms with E-state index in [0.717, 1.165) is 37.2 Å². The molecule has 1 atom stereocenters.